The largest absolute Gasteiger partial charge is 0.444 e. The van der Waals surface area contributed by atoms with Crippen LogP contribution in [0.5, 0.6) is 0 Å². The standard InChI is InChI=1S/C27H45N3O5/c1-8-10-12-14-30(25(33)22(18-31)29-26(34)35-27(5,6)7)23(24(32)28-13-11-9-2)21-16-19(3)15-20(4)17-21/h15-17,22-23,31H,8-14,18H2,1-7H3,(H,28,32)(H,29,34). The molecular weight excluding hydrogens is 446 g/mol. The summed E-state index contributed by atoms with van der Waals surface area (Å²) in [5.74, 6) is -0.800. The number of carbonyl (C=O) groups excluding carboxylic acids is 3. The average molecular weight is 492 g/mol. The van der Waals surface area contributed by atoms with Crippen LogP contribution in [0.4, 0.5) is 4.79 Å². The van der Waals surface area contributed by atoms with Crippen LogP contribution in [0.2, 0.25) is 0 Å². The lowest BCUT2D eigenvalue weighted by Crippen LogP contribution is -2.54. The number of alkyl carbamates (subject to hydrolysis) is 1. The summed E-state index contributed by atoms with van der Waals surface area (Å²) < 4.78 is 5.28. The lowest BCUT2D eigenvalue weighted by atomic mass is 9.98. The van der Waals surface area contributed by atoms with Crippen molar-refractivity contribution >= 4 is 17.9 Å². The van der Waals surface area contributed by atoms with Crippen molar-refractivity contribution in [2.24, 2.45) is 0 Å². The predicted molar refractivity (Wildman–Crippen MR) is 138 cm³/mol. The molecule has 8 nitrogen and oxygen atoms in total. The van der Waals surface area contributed by atoms with Crippen LogP contribution in [0.25, 0.3) is 0 Å². The molecular formula is C27H45N3O5. The highest BCUT2D eigenvalue weighted by molar-refractivity contribution is 5.92. The van der Waals surface area contributed by atoms with E-state index in [1.54, 1.807) is 20.8 Å². The maximum Gasteiger partial charge on any atom is 0.408 e. The highest BCUT2D eigenvalue weighted by atomic mass is 16.6. The number of benzene rings is 1. The average Bonchev–Trinajstić information content (AvgIpc) is 2.74. The van der Waals surface area contributed by atoms with E-state index in [0.717, 1.165) is 36.8 Å². The van der Waals surface area contributed by atoms with E-state index in [0.29, 0.717) is 25.1 Å². The molecule has 0 bridgehead atoms. The van der Waals surface area contributed by atoms with Gasteiger partial charge >= 0.3 is 6.09 Å². The minimum absolute atomic E-state index is 0.276. The Morgan fingerprint density at radius 2 is 1.60 bits per heavy atom. The van der Waals surface area contributed by atoms with Crippen LogP contribution in [-0.4, -0.2) is 59.3 Å². The lowest BCUT2D eigenvalue weighted by Gasteiger charge is -2.34. The molecule has 0 aliphatic carbocycles. The van der Waals surface area contributed by atoms with Crippen molar-refractivity contribution in [1.29, 1.82) is 0 Å². The van der Waals surface area contributed by atoms with Crippen LogP contribution in [0.1, 0.15) is 89.5 Å². The molecule has 1 aromatic carbocycles. The first-order valence-electron chi connectivity index (χ1n) is 12.7. The lowest BCUT2D eigenvalue weighted by molar-refractivity contribution is -0.143. The summed E-state index contributed by atoms with van der Waals surface area (Å²) in [6, 6.07) is 3.71. The number of hydrogen-bond donors (Lipinski definition) is 3. The fourth-order valence-corrected chi connectivity index (χ4v) is 3.86. The molecule has 0 saturated carbocycles. The fourth-order valence-electron chi connectivity index (χ4n) is 3.86. The van der Waals surface area contributed by atoms with Crippen molar-refractivity contribution in [3.05, 3.63) is 34.9 Å². The number of carbonyl (C=O) groups is 3. The van der Waals surface area contributed by atoms with E-state index in [2.05, 4.69) is 17.6 Å². The minimum Gasteiger partial charge on any atom is -0.444 e. The summed E-state index contributed by atoms with van der Waals surface area (Å²) in [6.07, 6.45) is 3.47. The van der Waals surface area contributed by atoms with Gasteiger partial charge in [-0.25, -0.2) is 4.79 Å². The number of aliphatic hydroxyl groups excluding tert-OH is 1. The molecule has 0 heterocycles. The molecule has 1 aromatic rings. The molecule has 1 rings (SSSR count). The van der Waals surface area contributed by atoms with Crippen LogP contribution >= 0.6 is 0 Å². The van der Waals surface area contributed by atoms with Crippen molar-refractivity contribution in [2.45, 2.75) is 98.3 Å². The Balaban J connectivity index is 3.40. The third-order valence-electron chi connectivity index (χ3n) is 5.41. The summed E-state index contributed by atoms with van der Waals surface area (Å²) in [5, 5.41) is 15.4. The monoisotopic (exact) mass is 491 g/mol. The highest BCUT2D eigenvalue weighted by Crippen LogP contribution is 2.25. The number of amides is 3. The first kappa shape index (κ1) is 30.4. The Kier molecular flexibility index (Phi) is 12.8. The minimum atomic E-state index is -1.23. The Morgan fingerprint density at radius 3 is 2.11 bits per heavy atom. The van der Waals surface area contributed by atoms with E-state index in [1.807, 2.05) is 39.0 Å². The van der Waals surface area contributed by atoms with E-state index in [1.165, 1.54) is 4.90 Å². The second-order valence-electron chi connectivity index (χ2n) is 10.1. The summed E-state index contributed by atoms with van der Waals surface area (Å²) in [4.78, 5) is 41.0. The van der Waals surface area contributed by atoms with Crippen LogP contribution in [0.3, 0.4) is 0 Å². The van der Waals surface area contributed by atoms with Crippen LogP contribution in [-0.2, 0) is 14.3 Å². The quantitative estimate of drug-likeness (QED) is 0.359. The smallest absolute Gasteiger partial charge is 0.408 e. The van der Waals surface area contributed by atoms with Gasteiger partial charge in [-0.3, -0.25) is 9.59 Å². The van der Waals surface area contributed by atoms with Crippen molar-refractivity contribution < 1.29 is 24.2 Å². The molecule has 35 heavy (non-hydrogen) atoms. The van der Waals surface area contributed by atoms with Crippen molar-refractivity contribution in [1.82, 2.24) is 15.5 Å². The molecule has 0 fully saturated rings. The number of nitrogens with one attached hydrogen (secondary N) is 2. The first-order chi connectivity index (χ1) is 16.4. The van der Waals surface area contributed by atoms with Gasteiger partial charge in [-0.05, 0) is 53.0 Å². The summed E-state index contributed by atoms with van der Waals surface area (Å²) >= 11 is 0. The number of unbranched alkanes of at least 4 members (excludes halogenated alkanes) is 3. The number of hydrogen-bond acceptors (Lipinski definition) is 5. The molecule has 0 aliphatic rings. The van der Waals surface area contributed by atoms with Gasteiger partial charge in [-0.2, -0.15) is 0 Å². The zero-order valence-corrected chi connectivity index (χ0v) is 22.6. The van der Waals surface area contributed by atoms with Gasteiger partial charge in [0.25, 0.3) is 0 Å². The topological polar surface area (TPSA) is 108 Å². The summed E-state index contributed by atoms with van der Waals surface area (Å²) in [7, 11) is 0. The Hall–Kier alpha value is -2.61. The summed E-state index contributed by atoms with van der Waals surface area (Å²) in [6.45, 7) is 13.4. The second-order valence-corrected chi connectivity index (χ2v) is 10.1. The van der Waals surface area contributed by atoms with Crippen molar-refractivity contribution in [3.63, 3.8) is 0 Å². The molecule has 0 radical (unpaired) electrons. The van der Waals surface area contributed by atoms with Gasteiger partial charge in [0.2, 0.25) is 11.8 Å². The molecule has 2 unspecified atom stereocenters. The molecule has 0 spiro atoms. The van der Waals surface area contributed by atoms with E-state index >= 15 is 0 Å². The Bertz CT molecular complexity index is 814. The normalized spacial score (nSPS) is 13.0. The third kappa shape index (κ3) is 10.7. The molecule has 3 amide bonds. The van der Waals surface area contributed by atoms with Gasteiger partial charge in [0, 0.05) is 13.1 Å². The maximum atomic E-state index is 13.7. The first-order valence-corrected chi connectivity index (χ1v) is 12.7. The molecule has 198 valence electrons. The van der Waals surface area contributed by atoms with Gasteiger partial charge in [0.1, 0.15) is 17.7 Å². The number of ether oxygens (including phenoxy) is 1. The predicted octanol–water partition coefficient (Wildman–Crippen LogP) is 4.17. The Morgan fingerprint density at radius 1 is 1.00 bits per heavy atom. The highest BCUT2D eigenvalue weighted by Gasteiger charge is 2.36. The maximum absolute atomic E-state index is 13.7. The van der Waals surface area contributed by atoms with Crippen molar-refractivity contribution in [2.75, 3.05) is 19.7 Å². The second kappa shape index (κ2) is 14.7. The Labute approximate surface area is 210 Å². The number of aliphatic hydroxyl groups is 1. The van der Waals surface area contributed by atoms with Gasteiger partial charge in [0.05, 0.1) is 6.61 Å². The molecule has 0 aliphatic heterocycles. The van der Waals surface area contributed by atoms with Crippen molar-refractivity contribution in [3.8, 4) is 0 Å². The molecule has 0 aromatic heterocycles. The zero-order valence-electron chi connectivity index (χ0n) is 22.6. The number of aryl methyl sites for hydroxylation is 2. The molecule has 8 heteroatoms. The number of nitrogens with zero attached hydrogens (tertiary/aromatic N) is 1. The SMILES string of the molecule is CCCCCN(C(=O)C(CO)NC(=O)OC(C)(C)C)C(C(=O)NCCCC)c1cc(C)cc(C)c1. The zero-order chi connectivity index (χ0) is 26.6. The van der Waals surface area contributed by atoms with E-state index < -0.39 is 36.3 Å². The van der Waals surface area contributed by atoms with E-state index in [-0.39, 0.29) is 5.91 Å². The summed E-state index contributed by atoms with van der Waals surface area (Å²) in [5.41, 5.74) is 1.92. The molecule has 0 saturated heterocycles. The third-order valence-corrected chi connectivity index (χ3v) is 5.41. The van der Waals surface area contributed by atoms with E-state index in [4.69, 9.17) is 4.74 Å². The van der Waals surface area contributed by atoms with Gasteiger partial charge in [-0.1, -0.05) is 62.4 Å². The molecule has 2 atom stereocenters. The molecule has 3 N–H and O–H groups in total. The van der Waals surface area contributed by atoms with Gasteiger partial charge in [-0.15, -0.1) is 0 Å². The van der Waals surface area contributed by atoms with Gasteiger partial charge in [0.15, 0.2) is 0 Å². The van der Waals surface area contributed by atoms with E-state index in [9.17, 15) is 19.5 Å². The van der Waals surface area contributed by atoms with Crippen LogP contribution < -0.4 is 10.6 Å². The van der Waals surface area contributed by atoms with Crippen LogP contribution in [0.15, 0.2) is 18.2 Å². The van der Waals surface area contributed by atoms with Crippen LogP contribution in [0, 0.1) is 13.8 Å². The van der Waals surface area contributed by atoms with Gasteiger partial charge < -0.3 is 25.4 Å². The number of rotatable bonds is 13. The fraction of sp³-hybridized carbons (Fsp3) is 0.667.